The summed E-state index contributed by atoms with van der Waals surface area (Å²) >= 11 is 0. The molecule has 2 aromatic carbocycles. The van der Waals surface area contributed by atoms with Crippen molar-refractivity contribution in [3.63, 3.8) is 0 Å². The second-order valence-electron chi connectivity index (χ2n) is 5.32. The van der Waals surface area contributed by atoms with Crippen LogP contribution < -0.4 is 10.6 Å². The van der Waals surface area contributed by atoms with Crippen molar-refractivity contribution in [2.75, 3.05) is 10.6 Å². The van der Waals surface area contributed by atoms with E-state index in [4.69, 9.17) is 0 Å². The van der Waals surface area contributed by atoms with Crippen LogP contribution in [0.4, 0.5) is 11.4 Å². The molecule has 1 aliphatic rings. The predicted octanol–water partition coefficient (Wildman–Crippen LogP) is 3.35. The second kappa shape index (κ2) is 5.87. The van der Waals surface area contributed by atoms with Gasteiger partial charge >= 0.3 is 0 Å². The van der Waals surface area contributed by atoms with Crippen LogP contribution in [0, 0.1) is 5.92 Å². The van der Waals surface area contributed by atoms with Gasteiger partial charge in [-0.05, 0) is 43.2 Å². The minimum atomic E-state index is 0.116. The first-order valence-corrected chi connectivity index (χ1v) is 7.14. The van der Waals surface area contributed by atoms with E-state index < -0.39 is 0 Å². The van der Waals surface area contributed by atoms with E-state index in [9.17, 15) is 9.90 Å². The molecule has 4 nitrogen and oxygen atoms in total. The molecule has 1 amide bonds. The molecule has 1 aliphatic carbocycles. The summed E-state index contributed by atoms with van der Waals surface area (Å²) in [6.07, 6.45) is 2.01. The molecule has 0 aliphatic heterocycles. The summed E-state index contributed by atoms with van der Waals surface area (Å²) in [4.78, 5) is 11.7. The third-order valence-electron chi connectivity index (χ3n) is 3.58. The lowest BCUT2D eigenvalue weighted by atomic mass is 10.2. The second-order valence-corrected chi connectivity index (χ2v) is 5.32. The third kappa shape index (κ3) is 3.54. The average molecular weight is 282 g/mol. The molecule has 3 rings (SSSR count). The standard InChI is InChI=1S/C17H18N2O2/c20-16-4-2-1-3-13(16)11-18-14-7-9-15(10-8-14)19-17(21)12-5-6-12/h1-4,7-10,12,18,20H,5-6,11H2,(H,19,21). The molecule has 3 N–H and O–H groups in total. The summed E-state index contributed by atoms with van der Waals surface area (Å²) in [7, 11) is 0. The normalized spacial score (nSPS) is 13.7. The maximum atomic E-state index is 11.7. The van der Waals surface area contributed by atoms with Crippen LogP contribution in [-0.2, 0) is 11.3 Å². The number of phenols is 1. The quantitative estimate of drug-likeness (QED) is 0.788. The van der Waals surface area contributed by atoms with E-state index in [0.29, 0.717) is 12.3 Å². The number of aromatic hydroxyl groups is 1. The van der Waals surface area contributed by atoms with Crippen molar-refractivity contribution >= 4 is 17.3 Å². The van der Waals surface area contributed by atoms with E-state index in [1.165, 1.54) is 0 Å². The number of hydrogen-bond acceptors (Lipinski definition) is 3. The molecule has 0 atom stereocenters. The Balaban J connectivity index is 1.56. The molecular weight excluding hydrogens is 264 g/mol. The van der Waals surface area contributed by atoms with Gasteiger partial charge in [-0.25, -0.2) is 0 Å². The van der Waals surface area contributed by atoms with Gasteiger partial charge in [0, 0.05) is 29.4 Å². The number of benzene rings is 2. The zero-order valence-corrected chi connectivity index (χ0v) is 11.7. The van der Waals surface area contributed by atoms with Crippen molar-refractivity contribution < 1.29 is 9.90 Å². The Morgan fingerprint density at radius 3 is 2.38 bits per heavy atom. The number of para-hydroxylation sites is 1. The summed E-state index contributed by atoms with van der Waals surface area (Å²) in [5, 5.41) is 15.9. The Bertz CT molecular complexity index is 633. The number of nitrogens with one attached hydrogen (secondary N) is 2. The Labute approximate surface area is 123 Å². The monoisotopic (exact) mass is 282 g/mol. The van der Waals surface area contributed by atoms with E-state index in [1.54, 1.807) is 12.1 Å². The highest BCUT2D eigenvalue weighted by Gasteiger charge is 2.29. The molecule has 1 fully saturated rings. The lowest BCUT2D eigenvalue weighted by molar-refractivity contribution is -0.117. The van der Waals surface area contributed by atoms with Gasteiger partial charge in [-0.1, -0.05) is 18.2 Å². The molecule has 4 heteroatoms. The van der Waals surface area contributed by atoms with Crippen LogP contribution in [0.3, 0.4) is 0 Å². The molecule has 0 heterocycles. The average Bonchev–Trinajstić information content (AvgIpc) is 3.33. The van der Waals surface area contributed by atoms with Crippen molar-refractivity contribution in [3.05, 3.63) is 54.1 Å². The van der Waals surface area contributed by atoms with Gasteiger partial charge in [0.05, 0.1) is 0 Å². The molecule has 108 valence electrons. The van der Waals surface area contributed by atoms with Crippen molar-refractivity contribution in [3.8, 4) is 5.75 Å². The minimum Gasteiger partial charge on any atom is -0.508 e. The Morgan fingerprint density at radius 1 is 1.05 bits per heavy atom. The first kappa shape index (κ1) is 13.5. The maximum Gasteiger partial charge on any atom is 0.227 e. The zero-order valence-electron chi connectivity index (χ0n) is 11.7. The highest BCUT2D eigenvalue weighted by molar-refractivity contribution is 5.94. The Hall–Kier alpha value is -2.49. The summed E-state index contributed by atoms with van der Waals surface area (Å²) in [6, 6.07) is 14.9. The third-order valence-corrected chi connectivity index (χ3v) is 3.58. The van der Waals surface area contributed by atoms with E-state index in [0.717, 1.165) is 29.8 Å². The van der Waals surface area contributed by atoms with Crippen LogP contribution in [0.5, 0.6) is 5.75 Å². The molecule has 21 heavy (non-hydrogen) atoms. The van der Waals surface area contributed by atoms with Gasteiger partial charge in [0.25, 0.3) is 0 Å². The fourth-order valence-electron chi connectivity index (χ4n) is 2.12. The summed E-state index contributed by atoms with van der Waals surface area (Å²) < 4.78 is 0. The van der Waals surface area contributed by atoms with Crippen LogP contribution in [0.25, 0.3) is 0 Å². The minimum absolute atomic E-state index is 0.116. The molecule has 2 aromatic rings. The van der Waals surface area contributed by atoms with Gasteiger partial charge in [-0.3, -0.25) is 4.79 Å². The molecule has 0 saturated heterocycles. The number of phenolic OH excluding ortho intramolecular Hbond substituents is 1. The topological polar surface area (TPSA) is 61.4 Å². The van der Waals surface area contributed by atoms with Crippen molar-refractivity contribution in [1.82, 2.24) is 0 Å². The number of anilines is 2. The first-order chi connectivity index (χ1) is 10.2. The van der Waals surface area contributed by atoms with Crippen LogP contribution in [0.1, 0.15) is 18.4 Å². The molecule has 0 spiro atoms. The van der Waals surface area contributed by atoms with Gasteiger partial charge in [0.2, 0.25) is 5.91 Å². The number of rotatable bonds is 5. The first-order valence-electron chi connectivity index (χ1n) is 7.14. The number of carbonyl (C=O) groups excluding carboxylic acids is 1. The van der Waals surface area contributed by atoms with E-state index in [-0.39, 0.29) is 11.8 Å². The van der Waals surface area contributed by atoms with Gasteiger partial charge in [0.15, 0.2) is 0 Å². The van der Waals surface area contributed by atoms with Gasteiger partial charge in [-0.2, -0.15) is 0 Å². The highest BCUT2D eigenvalue weighted by Crippen LogP contribution is 2.30. The fourth-order valence-corrected chi connectivity index (χ4v) is 2.12. The van der Waals surface area contributed by atoms with Crippen molar-refractivity contribution in [2.24, 2.45) is 5.92 Å². The Kier molecular flexibility index (Phi) is 3.77. The van der Waals surface area contributed by atoms with Gasteiger partial charge < -0.3 is 15.7 Å². The van der Waals surface area contributed by atoms with Crippen LogP contribution in [0.15, 0.2) is 48.5 Å². The summed E-state index contributed by atoms with van der Waals surface area (Å²) in [5.74, 6) is 0.618. The summed E-state index contributed by atoms with van der Waals surface area (Å²) in [5.41, 5.74) is 2.62. The molecule has 0 aromatic heterocycles. The van der Waals surface area contributed by atoms with E-state index in [1.807, 2.05) is 36.4 Å². The maximum absolute atomic E-state index is 11.7. The fraction of sp³-hybridized carbons (Fsp3) is 0.235. The van der Waals surface area contributed by atoms with E-state index in [2.05, 4.69) is 10.6 Å². The number of amides is 1. The van der Waals surface area contributed by atoms with Crippen molar-refractivity contribution in [1.29, 1.82) is 0 Å². The predicted molar refractivity (Wildman–Crippen MR) is 83.2 cm³/mol. The Morgan fingerprint density at radius 2 is 1.71 bits per heavy atom. The molecule has 1 saturated carbocycles. The number of carbonyl (C=O) groups is 1. The number of hydrogen-bond donors (Lipinski definition) is 3. The largest absolute Gasteiger partial charge is 0.508 e. The molecule has 0 unspecified atom stereocenters. The molecule has 0 radical (unpaired) electrons. The van der Waals surface area contributed by atoms with Crippen LogP contribution in [0.2, 0.25) is 0 Å². The van der Waals surface area contributed by atoms with Crippen LogP contribution >= 0.6 is 0 Å². The van der Waals surface area contributed by atoms with Gasteiger partial charge in [-0.15, -0.1) is 0 Å². The summed E-state index contributed by atoms with van der Waals surface area (Å²) in [6.45, 7) is 0.556. The van der Waals surface area contributed by atoms with Crippen molar-refractivity contribution in [2.45, 2.75) is 19.4 Å². The smallest absolute Gasteiger partial charge is 0.227 e. The molecular formula is C17H18N2O2. The zero-order chi connectivity index (χ0) is 14.7. The van der Waals surface area contributed by atoms with Crippen LogP contribution in [-0.4, -0.2) is 11.0 Å². The highest BCUT2D eigenvalue weighted by atomic mass is 16.3. The lowest BCUT2D eigenvalue weighted by Crippen LogP contribution is -2.13. The SMILES string of the molecule is O=C(Nc1ccc(NCc2ccccc2O)cc1)C1CC1. The van der Waals surface area contributed by atoms with E-state index >= 15 is 0 Å². The lowest BCUT2D eigenvalue weighted by Gasteiger charge is -2.09. The van der Waals surface area contributed by atoms with Gasteiger partial charge in [0.1, 0.15) is 5.75 Å². The molecule has 0 bridgehead atoms.